The molecule has 2 rings (SSSR count). The van der Waals surface area contributed by atoms with Crippen LogP contribution in [-0.4, -0.2) is 35.2 Å². The SMILES string of the molecule is CCc1ccc2nc(CS(=O)(=O)CC(=O)O)[nH]c2c1. The standard InChI is InChI=1S/C12H14N2O4S/c1-2-8-3-4-9-10(5-8)14-11(13-9)6-19(17,18)7-12(15)16/h3-5H,2,6-7H2,1H3,(H,13,14)(H,15,16). The molecular formula is C12H14N2O4S. The fraction of sp³-hybridized carbons (Fsp3) is 0.333. The van der Waals surface area contributed by atoms with Gasteiger partial charge in [-0.25, -0.2) is 13.4 Å². The highest BCUT2D eigenvalue weighted by Gasteiger charge is 2.18. The third kappa shape index (κ3) is 3.31. The molecule has 0 unspecified atom stereocenters. The maximum atomic E-state index is 11.6. The molecule has 2 aromatic rings. The van der Waals surface area contributed by atoms with Crippen LogP contribution in [0.4, 0.5) is 0 Å². The molecule has 0 saturated carbocycles. The Hall–Kier alpha value is -1.89. The van der Waals surface area contributed by atoms with Crippen molar-refractivity contribution in [1.29, 1.82) is 0 Å². The molecule has 1 heterocycles. The summed E-state index contributed by atoms with van der Waals surface area (Å²) in [6, 6.07) is 5.66. The maximum Gasteiger partial charge on any atom is 0.318 e. The van der Waals surface area contributed by atoms with Gasteiger partial charge < -0.3 is 10.1 Å². The second kappa shape index (κ2) is 5.00. The number of rotatable bonds is 5. The third-order valence-electron chi connectivity index (χ3n) is 2.70. The van der Waals surface area contributed by atoms with Crippen LogP contribution in [0.3, 0.4) is 0 Å². The molecule has 0 amide bonds. The maximum absolute atomic E-state index is 11.6. The summed E-state index contributed by atoms with van der Waals surface area (Å²) >= 11 is 0. The van der Waals surface area contributed by atoms with Crippen LogP contribution >= 0.6 is 0 Å². The lowest BCUT2D eigenvalue weighted by molar-refractivity contribution is -0.134. The lowest BCUT2D eigenvalue weighted by atomic mass is 10.1. The molecule has 0 spiro atoms. The van der Waals surface area contributed by atoms with Gasteiger partial charge in [0.1, 0.15) is 17.3 Å². The molecule has 0 aliphatic rings. The molecule has 0 saturated heterocycles. The fourth-order valence-corrected chi connectivity index (χ4v) is 2.88. The van der Waals surface area contributed by atoms with Crippen molar-refractivity contribution in [2.24, 2.45) is 0 Å². The predicted molar refractivity (Wildman–Crippen MR) is 70.6 cm³/mol. The fourth-order valence-electron chi connectivity index (χ4n) is 1.85. The molecule has 7 heteroatoms. The number of aromatic amines is 1. The van der Waals surface area contributed by atoms with Gasteiger partial charge in [-0.2, -0.15) is 0 Å². The average Bonchev–Trinajstić information content (AvgIpc) is 2.66. The molecule has 102 valence electrons. The van der Waals surface area contributed by atoms with E-state index in [9.17, 15) is 13.2 Å². The summed E-state index contributed by atoms with van der Waals surface area (Å²) < 4.78 is 23.1. The second-order valence-corrected chi connectivity index (χ2v) is 6.38. The minimum atomic E-state index is -3.69. The van der Waals surface area contributed by atoms with Crippen molar-refractivity contribution in [3.63, 3.8) is 0 Å². The Labute approximate surface area is 110 Å². The van der Waals surface area contributed by atoms with Crippen molar-refractivity contribution in [1.82, 2.24) is 9.97 Å². The minimum absolute atomic E-state index is 0.268. The summed E-state index contributed by atoms with van der Waals surface area (Å²) in [5.74, 6) is -2.37. The van der Waals surface area contributed by atoms with Crippen molar-refractivity contribution in [2.45, 2.75) is 19.1 Å². The van der Waals surface area contributed by atoms with Gasteiger partial charge in [-0.15, -0.1) is 0 Å². The zero-order valence-electron chi connectivity index (χ0n) is 10.4. The topological polar surface area (TPSA) is 100 Å². The number of H-pyrrole nitrogens is 1. The molecular weight excluding hydrogens is 268 g/mol. The number of imidazole rings is 1. The Morgan fingerprint density at radius 2 is 2.16 bits per heavy atom. The zero-order valence-corrected chi connectivity index (χ0v) is 11.2. The number of carboxylic acids is 1. The van der Waals surface area contributed by atoms with Gasteiger partial charge in [-0.05, 0) is 24.1 Å². The lowest BCUT2D eigenvalue weighted by Gasteiger charge is -1.97. The molecule has 1 aromatic heterocycles. The number of carbonyl (C=O) groups is 1. The van der Waals surface area contributed by atoms with Crippen LogP contribution in [-0.2, 0) is 26.8 Å². The van der Waals surface area contributed by atoms with Crippen molar-refractivity contribution < 1.29 is 18.3 Å². The zero-order chi connectivity index (χ0) is 14.0. The molecule has 0 atom stereocenters. The summed E-state index contributed by atoms with van der Waals surface area (Å²) in [5.41, 5.74) is 2.56. The Morgan fingerprint density at radius 3 is 2.79 bits per heavy atom. The molecule has 6 nitrogen and oxygen atoms in total. The number of aromatic nitrogens is 2. The first-order valence-corrected chi connectivity index (χ1v) is 7.61. The predicted octanol–water partition coefficient (Wildman–Crippen LogP) is 1.12. The number of nitrogens with one attached hydrogen (secondary N) is 1. The van der Waals surface area contributed by atoms with Crippen LogP contribution < -0.4 is 0 Å². The van der Waals surface area contributed by atoms with Crippen LogP contribution in [0.1, 0.15) is 18.3 Å². The highest BCUT2D eigenvalue weighted by atomic mass is 32.2. The number of hydrogen-bond donors (Lipinski definition) is 2. The Bertz CT molecular complexity index is 718. The van der Waals surface area contributed by atoms with E-state index < -0.39 is 27.3 Å². The van der Waals surface area contributed by atoms with Crippen LogP contribution in [0.2, 0.25) is 0 Å². The van der Waals surface area contributed by atoms with E-state index in [-0.39, 0.29) is 5.82 Å². The summed E-state index contributed by atoms with van der Waals surface area (Å²) in [7, 11) is -3.69. The van der Waals surface area contributed by atoms with E-state index in [0.29, 0.717) is 5.52 Å². The number of carboxylic acid groups (broad SMARTS) is 1. The first-order chi connectivity index (χ1) is 8.89. The van der Waals surface area contributed by atoms with E-state index in [0.717, 1.165) is 17.5 Å². The van der Waals surface area contributed by atoms with Crippen LogP contribution in [0, 0.1) is 0 Å². The monoisotopic (exact) mass is 282 g/mol. The number of nitrogens with zero attached hydrogens (tertiary/aromatic N) is 1. The summed E-state index contributed by atoms with van der Waals surface area (Å²) in [5, 5.41) is 8.53. The molecule has 1 aromatic carbocycles. The number of aliphatic carboxylic acids is 1. The highest BCUT2D eigenvalue weighted by molar-refractivity contribution is 7.91. The van der Waals surface area contributed by atoms with Crippen molar-refractivity contribution in [2.75, 3.05) is 5.75 Å². The van der Waals surface area contributed by atoms with Gasteiger partial charge in [0.25, 0.3) is 0 Å². The van der Waals surface area contributed by atoms with E-state index in [1.54, 1.807) is 0 Å². The Balaban J connectivity index is 2.29. The summed E-state index contributed by atoms with van der Waals surface area (Å²) in [6.45, 7) is 2.02. The number of benzene rings is 1. The Kier molecular flexibility index (Phi) is 3.57. The van der Waals surface area contributed by atoms with Crippen molar-refractivity contribution in [3.05, 3.63) is 29.6 Å². The lowest BCUT2D eigenvalue weighted by Crippen LogP contribution is -2.17. The van der Waals surface area contributed by atoms with Gasteiger partial charge in [-0.3, -0.25) is 4.79 Å². The van der Waals surface area contributed by atoms with E-state index in [1.807, 2.05) is 25.1 Å². The summed E-state index contributed by atoms with van der Waals surface area (Å²) in [6.07, 6.45) is 0.877. The molecule has 19 heavy (non-hydrogen) atoms. The van der Waals surface area contributed by atoms with Gasteiger partial charge >= 0.3 is 5.97 Å². The average molecular weight is 282 g/mol. The van der Waals surface area contributed by atoms with Gasteiger partial charge in [0, 0.05) is 0 Å². The van der Waals surface area contributed by atoms with Gasteiger partial charge in [0.05, 0.1) is 11.0 Å². The first-order valence-electron chi connectivity index (χ1n) is 5.79. The number of fused-ring (bicyclic) bond motifs is 1. The quantitative estimate of drug-likeness (QED) is 0.856. The smallest absolute Gasteiger partial charge is 0.318 e. The third-order valence-corrected chi connectivity index (χ3v) is 4.10. The highest BCUT2D eigenvalue weighted by Crippen LogP contribution is 2.15. The van der Waals surface area contributed by atoms with Gasteiger partial charge in [0.15, 0.2) is 9.84 Å². The largest absolute Gasteiger partial charge is 0.480 e. The molecule has 0 aliphatic carbocycles. The molecule has 0 radical (unpaired) electrons. The number of sulfone groups is 1. The van der Waals surface area contributed by atoms with Crippen LogP contribution in [0.15, 0.2) is 18.2 Å². The molecule has 2 N–H and O–H groups in total. The van der Waals surface area contributed by atoms with E-state index in [2.05, 4.69) is 9.97 Å². The van der Waals surface area contributed by atoms with Gasteiger partial charge in [-0.1, -0.05) is 13.0 Å². The van der Waals surface area contributed by atoms with Crippen molar-refractivity contribution >= 4 is 26.8 Å². The number of hydrogen-bond acceptors (Lipinski definition) is 4. The van der Waals surface area contributed by atoms with E-state index in [4.69, 9.17) is 5.11 Å². The molecule has 0 bridgehead atoms. The number of aryl methyl sites for hydroxylation is 1. The van der Waals surface area contributed by atoms with Crippen LogP contribution in [0.5, 0.6) is 0 Å². The van der Waals surface area contributed by atoms with Crippen molar-refractivity contribution in [3.8, 4) is 0 Å². The van der Waals surface area contributed by atoms with Crippen LogP contribution in [0.25, 0.3) is 11.0 Å². The molecule has 0 aliphatic heterocycles. The van der Waals surface area contributed by atoms with E-state index in [1.165, 1.54) is 0 Å². The first kappa shape index (κ1) is 13.5. The molecule has 0 fully saturated rings. The van der Waals surface area contributed by atoms with E-state index >= 15 is 0 Å². The van der Waals surface area contributed by atoms with Gasteiger partial charge in [0.2, 0.25) is 0 Å². The second-order valence-electron chi connectivity index (χ2n) is 4.31. The normalized spacial score (nSPS) is 11.8. The Morgan fingerprint density at radius 1 is 1.42 bits per heavy atom. The minimum Gasteiger partial charge on any atom is -0.480 e. The summed E-state index contributed by atoms with van der Waals surface area (Å²) in [4.78, 5) is 17.5.